The molecule has 0 spiro atoms. The normalized spacial score (nSPS) is 10.9. The van der Waals surface area contributed by atoms with E-state index < -0.39 is 0 Å². The van der Waals surface area contributed by atoms with Crippen LogP contribution in [0.4, 0.5) is 0 Å². The summed E-state index contributed by atoms with van der Waals surface area (Å²) in [6.45, 7) is 1.85. The van der Waals surface area contributed by atoms with Crippen LogP contribution in [0.15, 0.2) is 60.3 Å². The number of hydrogen-bond donors (Lipinski definition) is 2. The number of methoxy groups -OCH3 is 1. The summed E-state index contributed by atoms with van der Waals surface area (Å²) >= 11 is 0. The van der Waals surface area contributed by atoms with Crippen LogP contribution < -0.4 is 15.4 Å². The van der Waals surface area contributed by atoms with Gasteiger partial charge in [-0.1, -0.05) is 42.5 Å². The smallest absolute Gasteiger partial charge is 0.267 e. The van der Waals surface area contributed by atoms with Gasteiger partial charge in [-0.2, -0.15) is 0 Å². The summed E-state index contributed by atoms with van der Waals surface area (Å²) in [5.74, 6) is 0.201. The molecule has 0 saturated carbocycles. The minimum atomic E-state index is -0.312. The number of amides is 2. The van der Waals surface area contributed by atoms with Crippen molar-refractivity contribution in [2.75, 3.05) is 13.7 Å². The highest BCUT2D eigenvalue weighted by atomic mass is 16.5. The fourth-order valence-corrected chi connectivity index (χ4v) is 2.27. The first-order valence-electron chi connectivity index (χ1n) is 8.04. The topological polar surface area (TPSA) is 67.4 Å². The highest BCUT2D eigenvalue weighted by Gasteiger charge is 2.10. The summed E-state index contributed by atoms with van der Waals surface area (Å²) in [6.07, 6.45) is 2.35. The van der Waals surface area contributed by atoms with E-state index in [1.54, 1.807) is 13.2 Å². The second-order valence-electron chi connectivity index (χ2n) is 5.50. The highest BCUT2D eigenvalue weighted by molar-refractivity contribution is 6.00. The molecule has 0 aliphatic rings. The van der Waals surface area contributed by atoms with E-state index in [-0.39, 0.29) is 17.5 Å². The molecular formula is C20H22N2O3. The van der Waals surface area contributed by atoms with Gasteiger partial charge in [0.15, 0.2) is 0 Å². The van der Waals surface area contributed by atoms with Crippen molar-refractivity contribution in [3.05, 3.63) is 71.4 Å². The molecule has 2 aromatic carbocycles. The van der Waals surface area contributed by atoms with E-state index >= 15 is 0 Å². The minimum absolute atomic E-state index is 0.230. The molecule has 2 N–H and O–H groups in total. The number of ether oxygens (including phenoxy) is 1. The SMILES string of the molecule is COc1ccc(CCNC(=O)/C(=C/c2ccccc2)NC(C)=O)cc1. The molecule has 5 heteroatoms. The summed E-state index contributed by atoms with van der Waals surface area (Å²) in [4.78, 5) is 23.7. The van der Waals surface area contributed by atoms with Crippen LogP contribution in [0.5, 0.6) is 5.75 Å². The highest BCUT2D eigenvalue weighted by Crippen LogP contribution is 2.11. The largest absolute Gasteiger partial charge is 0.497 e. The third-order valence-electron chi connectivity index (χ3n) is 3.52. The fraction of sp³-hybridized carbons (Fsp3) is 0.200. The molecule has 0 aromatic heterocycles. The van der Waals surface area contributed by atoms with Gasteiger partial charge in [0.1, 0.15) is 11.4 Å². The van der Waals surface area contributed by atoms with Crippen molar-refractivity contribution in [3.63, 3.8) is 0 Å². The fourth-order valence-electron chi connectivity index (χ4n) is 2.27. The molecule has 0 fully saturated rings. The lowest BCUT2D eigenvalue weighted by Crippen LogP contribution is -2.34. The first-order valence-corrected chi connectivity index (χ1v) is 8.04. The van der Waals surface area contributed by atoms with E-state index in [0.717, 1.165) is 16.9 Å². The van der Waals surface area contributed by atoms with Crippen LogP contribution in [0, 0.1) is 0 Å². The molecule has 130 valence electrons. The van der Waals surface area contributed by atoms with Crippen molar-refractivity contribution < 1.29 is 14.3 Å². The summed E-state index contributed by atoms with van der Waals surface area (Å²) in [5.41, 5.74) is 2.17. The quantitative estimate of drug-likeness (QED) is 0.763. The van der Waals surface area contributed by atoms with Gasteiger partial charge in [-0.25, -0.2) is 0 Å². The van der Waals surface area contributed by atoms with Crippen LogP contribution in [-0.4, -0.2) is 25.5 Å². The van der Waals surface area contributed by atoms with E-state index in [0.29, 0.717) is 13.0 Å². The Morgan fingerprint density at radius 1 is 1.04 bits per heavy atom. The van der Waals surface area contributed by atoms with Gasteiger partial charge >= 0.3 is 0 Å². The number of nitrogens with one attached hydrogen (secondary N) is 2. The zero-order valence-corrected chi connectivity index (χ0v) is 14.4. The molecular weight excluding hydrogens is 316 g/mol. The Morgan fingerprint density at radius 2 is 1.72 bits per heavy atom. The monoisotopic (exact) mass is 338 g/mol. The molecule has 2 aromatic rings. The summed E-state index contributed by atoms with van der Waals surface area (Å²) in [7, 11) is 1.62. The molecule has 0 heterocycles. The number of benzene rings is 2. The van der Waals surface area contributed by atoms with Gasteiger partial charge in [-0.05, 0) is 35.8 Å². The minimum Gasteiger partial charge on any atom is -0.497 e. The molecule has 0 saturated heterocycles. The summed E-state index contributed by atoms with van der Waals surface area (Å²) < 4.78 is 5.12. The molecule has 2 amide bonds. The second-order valence-corrected chi connectivity index (χ2v) is 5.50. The second kappa shape index (κ2) is 9.27. The zero-order chi connectivity index (χ0) is 18.1. The molecule has 0 unspecified atom stereocenters. The summed E-state index contributed by atoms with van der Waals surface area (Å²) in [5, 5.41) is 5.42. The molecule has 0 aliphatic carbocycles. The number of carbonyl (C=O) groups is 2. The Labute approximate surface area is 147 Å². The standard InChI is InChI=1S/C20H22N2O3/c1-15(23)22-19(14-17-6-4-3-5-7-17)20(24)21-13-12-16-8-10-18(25-2)11-9-16/h3-11,14H,12-13H2,1-2H3,(H,21,24)(H,22,23)/b19-14-. The number of rotatable bonds is 7. The van der Waals surface area contributed by atoms with Crippen molar-refractivity contribution in [2.24, 2.45) is 0 Å². The van der Waals surface area contributed by atoms with Crippen LogP contribution >= 0.6 is 0 Å². The Balaban J connectivity index is 1.96. The van der Waals surface area contributed by atoms with E-state index in [2.05, 4.69) is 10.6 Å². The van der Waals surface area contributed by atoms with E-state index in [9.17, 15) is 9.59 Å². The molecule has 2 rings (SSSR count). The van der Waals surface area contributed by atoms with Gasteiger partial charge in [0.05, 0.1) is 7.11 Å². The van der Waals surface area contributed by atoms with Gasteiger partial charge in [-0.15, -0.1) is 0 Å². The van der Waals surface area contributed by atoms with Crippen LogP contribution in [0.1, 0.15) is 18.1 Å². The lowest BCUT2D eigenvalue weighted by molar-refractivity contribution is -0.122. The Kier molecular flexibility index (Phi) is 6.77. The maximum Gasteiger partial charge on any atom is 0.267 e. The molecule has 0 aliphatic heterocycles. The van der Waals surface area contributed by atoms with Crippen LogP contribution in [0.2, 0.25) is 0 Å². The Morgan fingerprint density at radius 3 is 2.32 bits per heavy atom. The lowest BCUT2D eigenvalue weighted by Gasteiger charge is -2.10. The van der Waals surface area contributed by atoms with Crippen LogP contribution in [0.25, 0.3) is 6.08 Å². The van der Waals surface area contributed by atoms with Crippen molar-refractivity contribution >= 4 is 17.9 Å². The van der Waals surface area contributed by atoms with Gasteiger partial charge in [0.2, 0.25) is 5.91 Å². The predicted octanol–water partition coefficient (Wildman–Crippen LogP) is 2.53. The third-order valence-corrected chi connectivity index (χ3v) is 3.52. The van der Waals surface area contributed by atoms with Crippen molar-refractivity contribution in [1.82, 2.24) is 10.6 Å². The summed E-state index contributed by atoms with van der Waals surface area (Å²) in [6, 6.07) is 17.1. The third kappa shape index (κ3) is 6.14. The van der Waals surface area contributed by atoms with Gasteiger partial charge in [-0.3, -0.25) is 9.59 Å². The van der Waals surface area contributed by atoms with Gasteiger partial charge in [0.25, 0.3) is 5.91 Å². The average molecular weight is 338 g/mol. The number of carbonyl (C=O) groups excluding carboxylic acids is 2. The zero-order valence-electron chi connectivity index (χ0n) is 14.4. The maximum absolute atomic E-state index is 12.4. The molecule has 25 heavy (non-hydrogen) atoms. The van der Waals surface area contributed by atoms with Crippen LogP contribution in [-0.2, 0) is 16.0 Å². The first-order chi connectivity index (χ1) is 12.1. The molecule has 0 radical (unpaired) electrons. The Bertz CT molecular complexity index is 737. The van der Waals surface area contributed by atoms with Crippen molar-refractivity contribution in [2.45, 2.75) is 13.3 Å². The van der Waals surface area contributed by atoms with Gasteiger partial charge in [0, 0.05) is 13.5 Å². The lowest BCUT2D eigenvalue weighted by atomic mass is 10.1. The number of hydrogen-bond acceptors (Lipinski definition) is 3. The predicted molar refractivity (Wildman–Crippen MR) is 97.9 cm³/mol. The molecule has 5 nitrogen and oxygen atoms in total. The van der Waals surface area contributed by atoms with Crippen LogP contribution in [0.3, 0.4) is 0 Å². The van der Waals surface area contributed by atoms with Gasteiger partial charge < -0.3 is 15.4 Å². The molecule has 0 atom stereocenters. The maximum atomic E-state index is 12.4. The van der Waals surface area contributed by atoms with Crippen molar-refractivity contribution in [3.8, 4) is 5.75 Å². The average Bonchev–Trinajstić information content (AvgIpc) is 2.62. The van der Waals surface area contributed by atoms with Crippen molar-refractivity contribution in [1.29, 1.82) is 0 Å². The Hall–Kier alpha value is -3.08. The van der Waals surface area contributed by atoms with E-state index in [1.807, 2.05) is 54.6 Å². The first kappa shape index (κ1) is 18.3. The molecule has 0 bridgehead atoms. The van der Waals surface area contributed by atoms with E-state index in [1.165, 1.54) is 6.92 Å². The van der Waals surface area contributed by atoms with E-state index in [4.69, 9.17) is 4.74 Å².